The number of nitrogens with zero attached hydrogens (tertiary/aromatic N) is 2. The van der Waals surface area contributed by atoms with Crippen molar-refractivity contribution in [3.8, 4) is 0 Å². The molecule has 3 N–H and O–H groups in total. The fourth-order valence-electron chi connectivity index (χ4n) is 1.78. The number of benzene rings is 1. The average Bonchev–Trinajstić information content (AvgIpc) is 2.84. The number of amidine groups is 1. The first-order valence-corrected chi connectivity index (χ1v) is 6.92. The second kappa shape index (κ2) is 4.05. The predicted octanol–water partition coefficient (Wildman–Crippen LogP) is 2.68. The Hall–Kier alpha value is -1.53. The first-order valence-electron chi connectivity index (χ1n) is 5.06. The summed E-state index contributed by atoms with van der Waals surface area (Å²) in [5.74, 6) is 0.704. The predicted molar refractivity (Wildman–Crippen MR) is 73.8 cm³/mol. The molecule has 3 rings (SSSR count). The van der Waals surface area contributed by atoms with Crippen LogP contribution in [-0.4, -0.2) is 14.6 Å². The van der Waals surface area contributed by atoms with Crippen molar-refractivity contribution in [3.05, 3.63) is 35.3 Å². The van der Waals surface area contributed by atoms with Crippen molar-refractivity contribution in [1.82, 2.24) is 9.38 Å². The summed E-state index contributed by atoms with van der Waals surface area (Å²) in [7, 11) is 0. The molecule has 0 saturated carbocycles. The molecule has 2 heterocycles. The highest BCUT2D eigenvalue weighted by Crippen LogP contribution is 2.25. The number of fused-ring (bicyclic) bond motifs is 3. The fraction of sp³-hybridized carbons (Fsp3) is 0.0909. The van der Waals surface area contributed by atoms with Gasteiger partial charge < -0.3 is 5.73 Å². The highest BCUT2D eigenvalue weighted by atomic mass is 32.2. The van der Waals surface area contributed by atoms with Gasteiger partial charge in [0.1, 0.15) is 0 Å². The maximum Gasteiger partial charge on any atom is 0.194 e. The van der Waals surface area contributed by atoms with E-state index in [1.165, 1.54) is 11.8 Å². The van der Waals surface area contributed by atoms with Crippen LogP contribution in [-0.2, 0) is 5.75 Å². The summed E-state index contributed by atoms with van der Waals surface area (Å²) < 4.78 is 2.13. The Morgan fingerprint density at radius 2 is 2.29 bits per heavy atom. The maximum atomic E-state index is 7.25. The molecule has 0 aliphatic carbocycles. The van der Waals surface area contributed by atoms with Crippen molar-refractivity contribution in [2.24, 2.45) is 5.73 Å². The second-order valence-corrected chi connectivity index (χ2v) is 5.45. The normalized spacial score (nSPS) is 11.3. The van der Waals surface area contributed by atoms with Gasteiger partial charge in [0.25, 0.3) is 0 Å². The van der Waals surface area contributed by atoms with E-state index in [1.807, 2.05) is 18.2 Å². The van der Waals surface area contributed by atoms with E-state index < -0.39 is 0 Å². The van der Waals surface area contributed by atoms with E-state index in [4.69, 9.17) is 11.1 Å². The molecular formula is C11H10N4S2. The van der Waals surface area contributed by atoms with Crippen molar-refractivity contribution < 1.29 is 0 Å². The Kier molecular flexibility index (Phi) is 2.53. The highest BCUT2D eigenvalue weighted by Gasteiger charge is 2.10. The minimum absolute atomic E-state index is 0.147. The molecular weight excluding hydrogens is 252 g/mol. The van der Waals surface area contributed by atoms with E-state index >= 15 is 0 Å². The van der Waals surface area contributed by atoms with Crippen LogP contribution >= 0.6 is 23.1 Å². The maximum absolute atomic E-state index is 7.25. The SMILES string of the molecule is N=C(N)SCc1csc2nc3ccccc3n12. The number of nitrogens with two attached hydrogens (primary N) is 1. The zero-order valence-electron chi connectivity index (χ0n) is 8.88. The minimum atomic E-state index is 0.147. The number of aromatic nitrogens is 2. The van der Waals surface area contributed by atoms with Crippen molar-refractivity contribution in [3.63, 3.8) is 0 Å². The molecule has 0 bridgehead atoms. The van der Waals surface area contributed by atoms with Gasteiger partial charge in [0.2, 0.25) is 0 Å². The molecule has 1 aromatic carbocycles. The molecule has 0 spiro atoms. The number of thiazole rings is 1. The Morgan fingerprint density at radius 1 is 1.47 bits per heavy atom. The number of hydrogen-bond acceptors (Lipinski definition) is 4. The number of hydrogen-bond donors (Lipinski definition) is 2. The lowest BCUT2D eigenvalue weighted by atomic mass is 10.3. The van der Waals surface area contributed by atoms with Gasteiger partial charge in [0, 0.05) is 16.8 Å². The molecule has 0 saturated heterocycles. The Labute approximate surface area is 106 Å². The number of thioether (sulfide) groups is 1. The largest absolute Gasteiger partial charge is 0.379 e. The molecule has 0 aliphatic heterocycles. The molecule has 0 unspecified atom stereocenters. The van der Waals surface area contributed by atoms with Crippen molar-refractivity contribution in [2.45, 2.75) is 5.75 Å². The summed E-state index contributed by atoms with van der Waals surface area (Å²) >= 11 is 2.95. The van der Waals surface area contributed by atoms with Crippen molar-refractivity contribution in [1.29, 1.82) is 5.41 Å². The van der Waals surface area contributed by atoms with Gasteiger partial charge in [-0.15, -0.1) is 11.3 Å². The third kappa shape index (κ3) is 1.79. The van der Waals surface area contributed by atoms with Gasteiger partial charge in [-0.2, -0.15) is 0 Å². The van der Waals surface area contributed by atoms with Gasteiger partial charge >= 0.3 is 0 Å². The van der Waals surface area contributed by atoms with Crippen molar-refractivity contribution >= 4 is 44.3 Å². The van der Waals surface area contributed by atoms with E-state index in [0.717, 1.165) is 21.7 Å². The van der Waals surface area contributed by atoms with E-state index in [9.17, 15) is 0 Å². The molecule has 6 heteroatoms. The zero-order chi connectivity index (χ0) is 11.8. The average molecular weight is 262 g/mol. The summed E-state index contributed by atoms with van der Waals surface area (Å²) in [6.07, 6.45) is 0. The summed E-state index contributed by atoms with van der Waals surface area (Å²) in [5, 5.41) is 9.47. The van der Waals surface area contributed by atoms with Crippen LogP contribution in [0.5, 0.6) is 0 Å². The highest BCUT2D eigenvalue weighted by molar-refractivity contribution is 8.13. The van der Waals surface area contributed by atoms with Crippen LogP contribution in [0.3, 0.4) is 0 Å². The minimum Gasteiger partial charge on any atom is -0.379 e. The van der Waals surface area contributed by atoms with Crippen LogP contribution < -0.4 is 5.73 Å². The molecule has 4 nitrogen and oxygen atoms in total. The zero-order valence-corrected chi connectivity index (χ0v) is 10.5. The smallest absolute Gasteiger partial charge is 0.194 e. The van der Waals surface area contributed by atoms with Crippen molar-refractivity contribution in [2.75, 3.05) is 0 Å². The number of nitrogens with one attached hydrogen (secondary N) is 1. The molecule has 0 fully saturated rings. The Balaban J connectivity index is 2.15. The van der Waals surface area contributed by atoms with Gasteiger partial charge in [0.15, 0.2) is 10.1 Å². The standard InChI is InChI=1S/C11H10N4S2/c12-10(13)16-5-7-6-17-11-14-8-3-1-2-4-9(8)15(7)11/h1-4,6H,5H2,(H3,12,13). The summed E-state index contributed by atoms with van der Waals surface area (Å²) in [5.41, 5.74) is 8.63. The Bertz CT molecular complexity index is 698. The van der Waals surface area contributed by atoms with Crippen LogP contribution in [0, 0.1) is 5.41 Å². The molecule has 2 aromatic heterocycles. The first-order chi connectivity index (χ1) is 8.25. The summed E-state index contributed by atoms with van der Waals surface area (Å²) in [4.78, 5) is 5.54. The van der Waals surface area contributed by atoms with Gasteiger partial charge in [-0.3, -0.25) is 9.81 Å². The summed E-state index contributed by atoms with van der Waals surface area (Å²) in [6.45, 7) is 0. The number of para-hydroxylation sites is 2. The molecule has 86 valence electrons. The first kappa shape index (κ1) is 10.6. The van der Waals surface area contributed by atoms with Crippen LogP contribution in [0.4, 0.5) is 0 Å². The lowest BCUT2D eigenvalue weighted by Crippen LogP contribution is -2.04. The molecule has 3 aromatic rings. The van der Waals surface area contributed by atoms with Gasteiger partial charge in [-0.1, -0.05) is 23.9 Å². The van der Waals surface area contributed by atoms with Gasteiger partial charge in [-0.25, -0.2) is 4.98 Å². The van der Waals surface area contributed by atoms with Gasteiger partial charge in [0.05, 0.1) is 11.0 Å². The van der Waals surface area contributed by atoms with Crippen LogP contribution in [0.2, 0.25) is 0 Å². The van der Waals surface area contributed by atoms with E-state index in [2.05, 4.69) is 20.8 Å². The van der Waals surface area contributed by atoms with Gasteiger partial charge in [-0.05, 0) is 12.1 Å². The summed E-state index contributed by atoms with van der Waals surface area (Å²) in [6, 6.07) is 8.07. The number of imidazole rings is 1. The van der Waals surface area contributed by atoms with E-state index in [1.54, 1.807) is 11.3 Å². The molecule has 0 amide bonds. The molecule has 0 aliphatic rings. The fourth-order valence-corrected chi connectivity index (χ4v) is 3.31. The quantitative estimate of drug-likeness (QED) is 0.551. The monoisotopic (exact) mass is 262 g/mol. The van der Waals surface area contributed by atoms with Crippen LogP contribution in [0.15, 0.2) is 29.6 Å². The second-order valence-electron chi connectivity index (χ2n) is 3.60. The third-order valence-electron chi connectivity index (χ3n) is 2.49. The number of rotatable bonds is 2. The molecule has 0 radical (unpaired) electrons. The van der Waals surface area contributed by atoms with Crippen LogP contribution in [0.1, 0.15) is 5.69 Å². The Morgan fingerprint density at radius 3 is 3.12 bits per heavy atom. The van der Waals surface area contributed by atoms with E-state index in [-0.39, 0.29) is 5.17 Å². The molecule has 17 heavy (non-hydrogen) atoms. The lowest BCUT2D eigenvalue weighted by molar-refractivity contribution is 1.15. The lowest BCUT2D eigenvalue weighted by Gasteiger charge is -1.99. The van der Waals surface area contributed by atoms with E-state index in [0.29, 0.717) is 5.75 Å². The molecule has 0 atom stereocenters. The third-order valence-corrected chi connectivity index (χ3v) is 4.12. The topological polar surface area (TPSA) is 67.2 Å². The van der Waals surface area contributed by atoms with Crippen LogP contribution in [0.25, 0.3) is 16.0 Å².